The van der Waals surface area contributed by atoms with E-state index in [9.17, 15) is 19.2 Å². The van der Waals surface area contributed by atoms with Crippen LogP contribution in [-0.4, -0.2) is 44.3 Å². The van der Waals surface area contributed by atoms with Crippen LogP contribution in [0.4, 0.5) is 0 Å². The summed E-state index contributed by atoms with van der Waals surface area (Å²) in [6.07, 6.45) is -0.0877. The van der Waals surface area contributed by atoms with E-state index in [2.05, 4.69) is 0 Å². The second-order valence-electron chi connectivity index (χ2n) is 5.38. The molecule has 0 saturated carbocycles. The van der Waals surface area contributed by atoms with Gasteiger partial charge in [-0.3, -0.25) is 19.2 Å². The first-order valence-corrected chi connectivity index (χ1v) is 6.27. The molecule has 0 aromatic rings. The van der Waals surface area contributed by atoms with Crippen LogP contribution in [0.25, 0.3) is 0 Å². The zero-order valence-corrected chi connectivity index (χ0v) is 12.3. The van der Waals surface area contributed by atoms with Gasteiger partial charge in [0.25, 0.3) is 0 Å². The summed E-state index contributed by atoms with van der Waals surface area (Å²) in [5, 5.41) is 33.2. The highest BCUT2D eigenvalue weighted by Crippen LogP contribution is 2.21. The standard InChI is InChI=1S/C7H12O4.C6H10O4/c1-7(2,6(10)11)4-3-5(8)9;1-4(2-5(7)8)3-6(9)10/h3-4H2,1-2H3,(H,8,9)(H,10,11);4H,2-3H2,1H3,(H,7,8)(H,9,10). The molecule has 0 aliphatic rings. The molecule has 8 nitrogen and oxygen atoms in total. The van der Waals surface area contributed by atoms with E-state index < -0.39 is 29.3 Å². The maximum atomic E-state index is 10.4. The lowest BCUT2D eigenvalue weighted by Crippen LogP contribution is -2.24. The minimum atomic E-state index is -0.959. The van der Waals surface area contributed by atoms with Gasteiger partial charge in [-0.1, -0.05) is 6.92 Å². The average molecular weight is 306 g/mol. The number of carboxylic acid groups (broad SMARTS) is 4. The van der Waals surface area contributed by atoms with Gasteiger partial charge < -0.3 is 20.4 Å². The molecule has 0 unspecified atom stereocenters. The predicted molar refractivity (Wildman–Crippen MR) is 72.0 cm³/mol. The van der Waals surface area contributed by atoms with Crippen molar-refractivity contribution in [3.8, 4) is 0 Å². The summed E-state index contributed by atoms with van der Waals surface area (Å²) in [4.78, 5) is 40.5. The zero-order valence-electron chi connectivity index (χ0n) is 12.3. The summed E-state index contributed by atoms with van der Waals surface area (Å²) in [5.41, 5.74) is -0.932. The number of carbonyl (C=O) groups is 4. The third-order valence-electron chi connectivity index (χ3n) is 2.59. The van der Waals surface area contributed by atoms with Gasteiger partial charge in [0.1, 0.15) is 0 Å². The smallest absolute Gasteiger partial charge is 0.309 e. The highest BCUT2D eigenvalue weighted by Gasteiger charge is 2.27. The lowest BCUT2D eigenvalue weighted by molar-refractivity contribution is -0.148. The largest absolute Gasteiger partial charge is 0.481 e. The summed E-state index contributed by atoms with van der Waals surface area (Å²) in [7, 11) is 0. The summed E-state index contributed by atoms with van der Waals surface area (Å²) in [5.74, 6) is -4.10. The molecule has 0 aliphatic carbocycles. The van der Waals surface area contributed by atoms with Crippen LogP contribution >= 0.6 is 0 Å². The number of carboxylic acids is 4. The summed E-state index contributed by atoms with van der Waals surface area (Å²) in [6, 6.07) is 0. The van der Waals surface area contributed by atoms with Crippen LogP contribution in [0.2, 0.25) is 0 Å². The van der Waals surface area contributed by atoms with Crippen LogP contribution in [0.3, 0.4) is 0 Å². The van der Waals surface area contributed by atoms with Crippen molar-refractivity contribution in [1.29, 1.82) is 0 Å². The molecule has 122 valence electrons. The molecule has 4 N–H and O–H groups in total. The van der Waals surface area contributed by atoms with Crippen molar-refractivity contribution in [2.75, 3.05) is 0 Å². The van der Waals surface area contributed by atoms with Crippen LogP contribution in [-0.2, 0) is 19.2 Å². The third kappa shape index (κ3) is 14.1. The van der Waals surface area contributed by atoms with Gasteiger partial charge >= 0.3 is 23.9 Å². The molecule has 8 heteroatoms. The van der Waals surface area contributed by atoms with E-state index in [4.69, 9.17) is 20.4 Å². The molecule has 0 rings (SSSR count). The summed E-state index contributed by atoms with van der Waals surface area (Å²) in [6.45, 7) is 4.62. The molecule has 0 fully saturated rings. The lowest BCUT2D eigenvalue weighted by atomic mass is 9.88. The highest BCUT2D eigenvalue weighted by molar-refractivity contribution is 5.75. The molecule has 21 heavy (non-hydrogen) atoms. The van der Waals surface area contributed by atoms with Crippen molar-refractivity contribution in [1.82, 2.24) is 0 Å². The normalized spacial score (nSPS) is 10.5. The van der Waals surface area contributed by atoms with Gasteiger partial charge in [0.05, 0.1) is 5.41 Å². The van der Waals surface area contributed by atoms with Crippen LogP contribution in [0.15, 0.2) is 0 Å². The molecule has 0 aromatic carbocycles. The second-order valence-corrected chi connectivity index (χ2v) is 5.38. The Morgan fingerprint density at radius 3 is 1.48 bits per heavy atom. The maximum Gasteiger partial charge on any atom is 0.309 e. The highest BCUT2D eigenvalue weighted by atomic mass is 16.4. The SMILES string of the molecule is CC(C)(CCC(=O)O)C(=O)O.CC(CC(=O)O)CC(=O)O. The van der Waals surface area contributed by atoms with E-state index in [1.807, 2.05) is 0 Å². The fraction of sp³-hybridized carbons (Fsp3) is 0.692. The lowest BCUT2D eigenvalue weighted by Gasteiger charge is -2.16. The molecule has 0 atom stereocenters. The Morgan fingerprint density at radius 1 is 0.857 bits per heavy atom. The Kier molecular flexibility index (Phi) is 9.82. The quantitative estimate of drug-likeness (QED) is 0.527. The number of rotatable bonds is 8. The van der Waals surface area contributed by atoms with E-state index in [0.717, 1.165) is 0 Å². The van der Waals surface area contributed by atoms with Crippen molar-refractivity contribution >= 4 is 23.9 Å². The fourth-order valence-corrected chi connectivity index (χ4v) is 1.19. The van der Waals surface area contributed by atoms with Crippen molar-refractivity contribution in [2.45, 2.75) is 46.5 Å². The minimum absolute atomic E-state index is 0.0771. The molecule has 0 aromatic heterocycles. The molecule has 0 radical (unpaired) electrons. The summed E-state index contributed by atoms with van der Waals surface area (Å²) < 4.78 is 0. The van der Waals surface area contributed by atoms with Gasteiger partial charge in [0.15, 0.2) is 0 Å². The number of hydrogen-bond donors (Lipinski definition) is 4. The number of hydrogen-bond acceptors (Lipinski definition) is 4. The van der Waals surface area contributed by atoms with E-state index in [-0.39, 0.29) is 31.6 Å². The van der Waals surface area contributed by atoms with Gasteiger partial charge in [-0.15, -0.1) is 0 Å². The Labute approximate surface area is 122 Å². The van der Waals surface area contributed by atoms with Gasteiger partial charge in [-0.05, 0) is 26.2 Å². The van der Waals surface area contributed by atoms with Crippen molar-refractivity contribution in [3.63, 3.8) is 0 Å². The second kappa shape index (κ2) is 9.73. The molecule has 0 bridgehead atoms. The van der Waals surface area contributed by atoms with Crippen LogP contribution < -0.4 is 0 Å². The van der Waals surface area contributed by atoms with Crippen molar-refractivity contribution < 1.29 is 39.6 Å². The monoisotopic (exact) mass is 306 g/mol. The van der Waals surface area contributed by atoms with Gasteiger partial charge in [0.2, 0.25) is 0 Å². The van der Waals surface area contributed by atoms with Crippen molar-refractivity contribution in [3.05, 3.63) is 0 Å². The summed E-state index contributed by atoms with van der Waals surface area (Å²) >= 11 is 0. The number of aliphatic carboxylic acids is 4. The maximum absolute atomic E-state index is 10.4. The first-order chi connectivity index (χ1) is 9.38. The van der Waals surface area contributed by atoms with Crippen LogP contribution in [0, 0.1) is 11.3 Å². The Balaban J connectivity index is 0. The molecule has 0 heterocycles. The first-order valence-electron chi connectivity index (χ1n) is 6.27. The molecule has 0 spiro atoms. The van der Waals surface area contributed by atoms with E-state index in [0.29, 0.717) is 0 Å². The van der Waals surface area contributed by atoms with Gasteiger partial charge in [0, 0.05) is 19.3 Å². The third-order valence-corrected chi connectivity index (χ3v) is 2.59. The topological polar surface area (TPSA) is 149 Å². The first kappa shape index (κ1) is 21.2. The Hall–Kier alpha value is -2.12. The molecular formula is C13H22O8. The fourth-order valence-electron chi connectivity index (χ4n) is 1.19. The van der Waals surface area contributed by atoms with Gasteiger partial charge in [-0.2, -0.15) is 0 Å². The average Bonchev–Trinajstić information content (AvgIpc) is 2.24. The predicted octanol–water partition coefficient (Wildman–Crippen LogP) is 1.53. The van der Waals surface area contributed by atoms with Crippen LogP contribution in [0.1, 0.15) is 46.5 Å². The van der Waals surface area contributed by atoms with Gasteiger partial charge in [-0.25, -0.2) is 0 Å². The van der Waals surface area contributed by atoms with E-state index >= 15 is 0 Å². The van der Waals surface area contributed by atoms with Crippen LogP contribution in [0.5, 0.6) is 0 Å². The molecule has 0 aliphatic heterocycles. The van der Waals surface area contributed by atoms with Crippen molar-refractivity contribution in [2.24, 2.45) is 11.3 Å². The molecule has 0 saturated heterocycles. The zero-order chi connectivity index (χ0) is 17.2. The van der Waals surface area contributed by atoms with E-state index in [1.54, 1.807) is 6.92 Å². The Bertz CT molecular complexity index is 370. The Morgan fingerprint density at radius 2 is 1.24 bits per heavy atom. The molecular weight excluding hydrogens is 284 g/mol. The minimum Gasteiger partial charge on any atom is -0.481 e. The molecule has 0 amide bonds. The van der Waals surface area contributed by atoms with E-state index in [1.165, 1.54) is 13.8 Å².